The number of nitrogens with two attached hydrogens (primary N) is 1. The van der Waals surface area contributed by atoms with E-state index < -0.39 is 0 Å². The van der Waals surface area contributed by atoms with Gasteiger partial charge in [0, 0.05) is 17.4 Å². The van der Waals surface area contributed by atoms with Gasteiger partial charge in [-0.25, -0.2) is 4.98 Å². The molecule has 2 N–H and O–H groups in total. The van der Waals surface area contributed by atoms with Crippen LogP contribution >= 0.6 is 0 Å². The molecule has 3 heteroatoms. The molecule has 2 atom stereocenters. The Bertz CT molecular complexity index is 491. The molecule has 0 bridgehead atoms. The monoisotopic (exact) mass is 275 g/mol. The lowest BCUT2D eigenvalue weighted by Crippen LogP contribution is -2.25. The van der Waals surface area contributed by atoms with Crippen LogP contribution in [0.5, 0.6) is 0 Å². The molecule has 0 saturated heterocycles. The molecule has 0 spiro atoms. The summed E-state index contributed by atoms with van der Waals surface area (Å²) in [7, 11) is 0. The molecule has 1 aromatic heterocycles. The third kappa shape index (κ3) is 2.47. The van der Waals surface area contributed by atoms with Gasteiger partial charge in [-0.2, -0.15) is 0 Å². The van der Waals surface area contributed by atoms with Crippen LogP contribution in [0.2, 0.25) is 0 Å². The van der Waals surface area contributed by atoms with Crippen molar-refractivity contribution in [3.63, 3.8) is 0 Å². The number of nitrogens with zero attached hydrogens (tertiary/aromatic N) is 2. The van der Waals surface area contributed by atoms with Crippen LogP contribution in [0, 0.1) is 5.92 Å². The molecule has 2 aliphatic rings. The number of nitrogen functional groups attached to an aromatic ring is 1. The summed E-state index contributed by atoms with van der Waals surface area (Å²) in [6.45, 7) is 9.09. The van der Waals surface area contributed by atoms with Gasteiger partial charge in [0.25, 0.3) is 0 Å². The molecule has 1 heterocycles. The first-order chi connectivity index (χ1) is 9.38. The fourth-order valence-electron chi connectivity index (χ4n) is 3.77. The average Bonchev–Trinajstić information content (AvgIpc) is 3.11. The van der Waals surface area contributed by atoms with Gasteiger partial charge in [-0.05, 0) is 52.4 Å². The van der Waals surface area contributed by atoms with Crippen molar-refractivity contribution in [2.75, 3.05) is 5.73 Å². The lowest BCUT2D eigenvalue weighted by atomic mass is 9.81. The zero-order valence-corrected chi connectivity index (χ0v) is 13.4. The molecule has 2 fully saturated rings. The van der Waals surface area contributed by atoms with E-state index in [1.807, 2.05) is 0 Å². The predicted octanol–water partition coefficient (Wildman–Crippen LogP) is 4.39. The summed E-state index contributed by atoms with van der Waals surface area (Å²) < 4.78 is 2.32. The minimum absolute atomic E-state index is 0.0353. The average molecular weight is 275 g/mol. The Kier molecular flexibility index (Phi) is 3.34. The van der Waals surface area contributed by atoms with E-state index in [9.17, 15) is 0 Å². The van der Waals surface area contributed by atoms with Gasteiger partial charge in [0.15, 0.2) is 0 Å². The van der Waals surface area contributed by atoms with Crippen LogP contribution in [0.15, 0.2) is 0 Å². The normalized spacial score (nSPS) is 27.8. The van der Waals surface area contributed by atoms with E-state index >= 15 is 0 Å². The van der Waals surface area contributed by atoms with Gasteiger partial charge in [0.1, 0.15) is 11.6 Å². The van der Waals surface area contributed by atoms with Gasteiger partial charge in [-0.1, -0.05) is 19.8 Å². The van der Waals surface area contributed by atoms with Crippen molar-refractivity contribution in [1.82, 2.24) is 9.55 Å². The highest BCUT2D eigenvalue weighted by Crippen LogP contribution is 2.45. The molecular formula is C17H29N3. The second-order valence-electron chi connectivity index (χ2n) is 7.99. The first-order valence-electron chi connectivity index (χ1n) is 8.26. The maximum atomic E-state index is 6.53. The van der Waals surface area contributed by atoms with E-state index in [2.05, 4.69) is 32.3 Å². The minimum Gasteiger partial charge on any atom is -0.384 e. The summed E-state index contributed by atoms with van der Waals surface area (Å²) in [5.74, 6) is 4.25. The molecule has 3 rings (SSSR count). The van der Waals surface area contributed by atoms with Crippen LogP contribution in [0.3, 0.4) is 0 Å². The number of hydrogen-bond acceptors (Lipinski definition) is 2. The largest absolute Gasteiger partial charge is 0.384 e. The molecule has 0 amide bonds. The van der Waals surface area contributed by atoms with Crippen LogP contribution < -0.4 is 5.73 Å². The smallest absolute Gasteiger partial charge is 0.127 e. The van der Waals surface area contributed by atoms with Crippen molar-refractivity contribution in [3.05, 3.63) is 11.5 Å². The van der Waals surface area contributed by atoms with Gasteiger partial charge in [0.2, 0.25) is 0 Å². The van der Waals surface area contributed by atoms with E-state index in [0.717, 1.165) is 11.7 Å². The lowest BCUT2D eigenvalue weighted by Gasteiger charge is -2.27. The van der Waals surface area contributed by atoms with Crippen LogP contribution in [-0.2, 0) is 5.54 Å². The molecule has 3 nitrogen and oxygen atoms in total. The Labute approximate surface area is 123 Å². The summed E-state index contributed by atoms with van der Waals surface area (Å²) in [5.41, 5.74) is 7.77. The second kappa shape index (κ2) is 4.78. The molecule has 2 saturated carbocycles. The van der Waals surface area contributed by atoms with Crippen molar-refractivity contribution in [3.8, 4) is 0 Å². The minimum atomic E-state index is 0.0353. The van der Waals surface area contributed by atoms with Gasteiger partial charge >= 0.3 is 0 Å². The third-order valence-electron chi connectivity index (χ3n) is 4.90. The fourth-order valence-corrected chi connectivity index (χ4v) is 3.77. The van der Waals surface area contributed by atoms with Crippen molar-refractivity contribution in [1.29, 1.82) is 0 Å². The molecule has 0 aromatic carbocycles. The van der Waals surface area contributed by atoms with Crippen molar-refractivity contribution >= 4 is 5.82 Å². The highest BCUT2D eigenvalue weighted by atomic mass is 15.2. The first-order valence-corrected chi connectivity index (χ1v) is 8.26. The van der Waals surface area contributed by atoms with Crippen LogP contribution in [0.4, 0.5) is 5.82 Å². The fraction of sp³-hybridized carbons (Fsp3) is 0.824. The van der Waals surface area contributed by atoms with E-state index in [1.54, 1.807) is 0 Å². The molecule has 0 aliphatic heterocycles. The Morgan fingerprint density at radius 2 is 1.80 bits per heavy atom. The summed E-state index contributed by atoms with van der Waals surface area (Å²) in [5, 5.41) is 0. The number of imidazole rings is 1. The Hall–Kier alpha value is -0.990. The van der Waals surface area contributed by atoms with Crippen molar-refractivity contribution < 1.29 is 0 Å². The zero-order chi connectivity index (χ0) is 14.5. The number of rotatable bonds is 2. The molecule has 2 aliphatic carbocycles. The van der Waals surface area contributed by atoms with E-state index in [-0.39, 0.29) is 5.54 Å². The highest BCUT2D eigenvalue weighted by molar-refractivity contribution is 5.43. The Morgan fingerprint density at radius 1 is 1.10 bits per heavy atom. The predicted molar refractivity (Wildman–Crippen MR) is 84.0 cm³/mol. The maximum Gasteiger partial charge on any atom is 0.127 e. The maximum absolute atomic E-state index is 6.53. The molecule has 20 heavy (non-hydrogen) atoms. The summed E-state index contributed by atoms with van der Waals surface area (Å²) in [6.07, 6.45) is 7.79. The summed E-state index contributed by atoms with van der Waals surface area (Å²) in [4.78, 5) is 5.03. The van der Waals surface area contributed by atoms with E-state index in [4.69, 9.17) is 10.7 Å². The summed E-state index contributed by atoms with van der Waals surface area (Å²) >= 11 is 0. The lowest BCUT2D eigenvalue weighted by molar-refractivity contribution is 0.340. The third-order valence-corrected chi connectivity index (χ3v) is 4.90. The van der Waals surface area contributed by atoms with Crippen LogP contribution in [-0.4, -0.2) is 9.55 Å². The first kappa shape index (κ1) is 14.0. The van der Waals surface area contributed by atoms with Gasteiger partial charge in [-0.15, -0.1) is 0 Å². The molecule has 1 aromatic rings. The van der Waals surface area contributed by atoms with Crippen molar-refractivity contribution in [2.45, 2.75) is 83.6 Å². The molecular weight excluding hydrogens is 246 g/mol. The van der Waals surface area contributed by atoms with E-state index in [1.165, 1.54) is 50.0 Å². The standard InChI is InChI=1S/C17H29N3/c1-11-6-5-7-13(10-11)14-15(18)20(17(2,3)4)16(19-14)12-8-9-12/h11-13H,5-10,18H2,1-4H3. The zero-order valence-electron chi connectivity index (χ0n) is 13.4. The summed E-state index contributed by atoms with van der Waals surface area (Å²) in [6, 6.07) is 0. The molecule has 2 unspecified atom stereocenters. The van der Waals surface area contributed by atoms with Gasteiger partial charge in [-0.3, -0.25) is 0 Å². The SMILES string of the molecule is CC1CCCC(c2nc(C3CC3)n(C(C)(C)C)c2N)C1. The van der Waals surface area contributed by atoms with Crippen molar-refractivity contribution in [2.24, 2.45) is 5.92 Å². The number of aromatic nitrogens is 2. The second-order valence-corrected chi connectivity index (χ2v) is 7.99. The van der Waals surface area contributed by atoms with Crippen LogP contribution in [0.1, 0.15) is 89.6 Å². The number of hydrogen-bond donors (Lipinski definition) is 1. The van der Waals surface area contributed by atoms with E-state index in [0.29, 0.717) is 11.8 Å². The topological polar surface area (TPSA) is 43.8 Å². The molecule has 112 valence electrons. The quantitative estimate of drug-likeness (QED) is 0.869. The molecule has 0 radical (unpaired) electrons. The van der Waals surface area contributed by atoms with Crippen LogP contribution in [0.25, 0.3) is 0 Å². The Balaban J connectivity index is 1.99. The van der Waals surface area contributed by atoms with Gasteiger partial charge < -0.3 is 10.3 Å². The van der Waals surface area contributed by atoms with Gasteiger partial charge in [0.05, 0.1) is 5.69 Å². The highest BCUT2D eigenvalue weighted by Gasteiger charge is 2.36. The number of anilines is 1. The Morgan fingerprint density at radius 3 is 2.35 bits per heavy atom.